The number of hydrogen-bond acceptors (Lipinski definition) is 6. The fraction of sp³-hybridized carbons (Fsp3) is 0.667. The van der Waals surface area contributed by atoms with E-state index in [2.05, 4.69) is 16.2 Å². The number of aromatic nitrogens is 2. The number of nitrogens with one attached hydrogen (secondary N) is 1. The van der Waals surface area contributed by atoms with Crippen LogP contribution >= 0.6 is 0 Å². The fourth-order valence-electron chi connectivity index (χ4n) is 4.67. The second-order valence-corrected chi connectivity index (χ2v) is 8.29. The van der Waals surface area contributed by atoms with E-state index in [1.54, 1.807) is 0 Å². The van der Waals surface area contributed by atoms with Crippen LogP contribution in [0.4, 0.5) is 0 Å². The highest BCUT2D eigenvalue weighted by Crippen LogP contribution is 2.39. The number of furan rings is 1. The van der Waals surface area contributed by atoms with Gasteiger partial charge >= 0.3 is 0 Å². The van der Waals surface area contributed by atoms with Gasteiger partial charge in [0.25, 0.3) is 0 Å². The first-order valence-electron chi connectivity index (χ1n) is 10.5. The van der Waals surface area contributed by atoms with Gasteiger partial charge in [0.1, 0.15) is 5.76 Å². The van der Waals surface area contributed by atoms with Gasteiger partial charge in [0, 0.05) is 56.0 Å². The molecule has 3 atom stereocenters. The van der Waals surface area contributed by atoms with E-state index in [-0.39, 0.29) is 6.10 Å². The topological polar surface area (TPSA) is 81.7 Å². The van der Waals surface area contributed by atoms with Gasteiger partial charge in [-0.05, 0) is 38.2 Å². The van der Waals surface area contributed by atoms with Crippen LogP contribution in [0.3, 0.4) is 0 Å². The third kappa shape index (κ3) is 3.41. The van der Waals surface area contributed by atoms with Crippen molar-refractivity contribution in [2.24, 2.45) is 5.92 Å². The molecule has 7 nitrogen and oxygen atoms in total. The molecular formula is C21H29N3O4. The zero-order valence-electron chi connectivity index (χ0n) is 16.4. The third-order valence-corrected chi connectivity index (χ3v) is 6.23. The maximum atomic E-state index is 10.7. The smallest absolute Gasteiger partial charge is 0.164 e. The number of ether oxygens (including phenoxy) is 2. The lowest BCUT2D eigenvalue weighted by atomic mass is 9.93. The largest absolute Gasteiger partial charge is 0.461 e. The monoisotopic (exact) mass is 387 g/mol. The molecule has 0 radical (unpaired) electrons. The Labute approximate surface area is 165 Å². The summed E-state index contributed by atoms with van der Waals surface area (Å²) in [7, 11) is 0. The molecule has 28 heavy (non-hydrogen) atoms. The van der Waals surface area contributed by atoms with Crippen molar-refractivity contribution in [2.45, 2.75) is 57.9 Å². The Hall–Kier alpha value is -1.67. The molecule has 0 aromatic carbocycles. The molecule has 2 fully saturated rings. The maximum absolute atomic E-state index is 10.7. The fourth-order valence-corrected chi connectivity index (χ4v) is 4.67. The van der Waals surface area contributed by atoms with Crippen molar-refractivity contribution in [1.29, 1.82) is 0 Å². The summed E-state index contributed by atoms with van der Waals surface area (Å²) in [6.45, 7) is 6.06. The van der Waals surface area contributed by atoms with Crippen molar-refractivity contribution in [3.63, 3.8) is 0 Å². The second kappa shape index (κ2) is 7.63. The lowest BCUT2D eigenvalue weighted by molar-refractivity contribution is 0.0674. The van der Waals surface area contributed by atoms with Crippen LogP contribution in [0.2, 0.25) is 0 Å². The van der Waals surface area contributed by atoms with E-state index < -0.39 is 6.23 Å². The first-order valence-corrected chi connectivity index (χ1v) is 10.5. The molecule has 1 aliphatic carbocycles. The summed E-state index contributed by atoms with van der Waals surface area (Å²) in [6.07, 6.45) is 6.55. The summed E-state index contributed by atoms with van der Waals surface area (Å²) in [6, 6.07) is 0. The zero-order chi connectivity index (χ0) is 19.1. The molecule has 3 aliphatic rings. The van der Waals surface area contributed by atoms with E-state index in [0.29, 0.717) is 18.2 Å². The summed E-state index contributed by atoms with van der Waals surface area (Å²) in [5.74, 6) is 2.09. The molecule has 0 bridgehead atoms. The van der Waals surface area contributed by atoms with Crippen LogP contribution in [-0.4, -0.2) is 47.4 Å². The lowest BCUT2D eigenvalue weighted by Crippen LogP contribution is -2.30. The molecule has 2 saturated heterocycles. The van der Waals surface area contributed by atoms with Crippen molar-refractivity contribution in [3.05, 3.63) is 28.8 Å². The minimum absolute atomic E-state index is 0.182. The predicted molar refractivity (Wildman–Crippen MR) is 103 cm³/mol. The molecule has 2 aromatic rings. The second-order valence-electron chi connectivity index (χ2n) is 8.29. The number of rotatable bonds is 6. The van der Waals surface area contributed by atoms with Gasteiger partial charge in [0.05, 0.1) is 18.4 Å². The van der Waals surface area contributed by atoms with Gasteiger partial charge in [0.2, 0.25) is 0 Å². The maximum Gasteiger partial charge on any atom is 0.164 e. The van der Waals surface area contributed by atoms with Crippen molar-refractivity contribution in [1.82, 2.24) is 15.1 Å². The third-order valence-electron chi connectivity index (χ3n) is 6.23. The Balaban J connectivity index is 1.35. The van der Waals surface area contributed by atoms with Gasteiger partial charge in [-0.25, -0.2) is 0 Å². The summed E-state index contributed by atoms with van der Waals surface area (Å²) >= 11 is 0. The number of aryl methyl sites for hydroxylation is 2. The Morgan fingerprint density at radius 1 is 1.32 bits per heavy atom. The first-order chi connectivity index (χ1) is 13.7. The number of hydrogen-bond donors (Lipinski definition) is 2. The predicted octanol–water partition coefficient (Wildman–Crippen LogP) is 2.35. The van der Waals surface area contributed by atoms with Crippen molar-refractivity contribution in [2.75, 3.05) is 26.4 Å². The summed E-state index contributed by atoms with van der Waals surface area (Å²) in [4.78, 5) is 0. The molecule has 5 rings (SSSR count). The van der Waals surface area contributed by atoms with Crippen LogP contribution in [0, 0.1) is 12.8 Å². The minimum Gasteiger partial charge on any atom is -0.461 e. The minimum atomic E-state index is -0.823. The van der Waals surface area contributed by atoms with Gasteiger partial charge in [-0.2, -0.15) is 5.10 Å². The number of fused-ring (bicyclic) bond motifs is 3. The highest BCUT2D eigenvalue weighted by Gasteiger charge is 2.30. The SMILES string of the molecule is Cc1c(C(O)NC[C@@H]2CCCO2)oc2c1-c1nn(C[C@@H]3CCOC3)cc1CC2. The van der Waals surface area contributed by atoms with Crippen LogP contribution in [0.15, 0.2) is 10.6 Å². The molecule has 1 unspecified atom stereocenters. The molecule has 2 aliphatic heterocycles. The van der Waals surface area contributed by atoms with Gasteiger partial charge in [-0.15, -0.1) is 0 Å². The first kappa shape index (κ1) is 18.4. The zero-order valence-corrected chi connectivity index (χ0v) is 16.4. The standard InChI is InChI=1S/C21H29N3O4/c1-13-18-17(28-20(13)21(25)22-9-16-3-2-7-27-16)5-4-15-11-24(23-19(15)18)10-14-6-8-26-12-14/h11,14,16,21-22,25H,2-10,12H2,1H3/t14-,16-,21?/m0/s1. The molecule has 152 valence electrons. The molecular weight excluding hydrogens is 358 g/mol. The number of aliphatic hydroxyl groups excluding tert-OH is 1. The van der Waals surface area contributed by atoms with Crippen LogP contribution in [-0.2, 0) is 28.9 Å². The summed E-state index contributed by atoms with van der Waals surface area (Å²) in [5.41, 5.74) is 4.33. The quantitative estimate of drug-likeness (QED) is 0.741. The molecule has 4 heterocycles. The average molecular weight is 387 g/mol. The molecule has 0 amide bonds. The van der Waals surface area contributed by atoms with Gasteiger partial charge in [-0.1, -0.05) is 0 Å². The highest BCUT2D eigenvalue weighted by atomic mass is 16.5. The van der Waals surface area contributed by atoms with Gasteiger partial charge in [-0.3, -0.25) is 10.00 Å². The van der Waals surface area contributed by atoms with Crippen molar-refractivity contribution >= 4 is 0 Å². The molecule has 2 N–H and O–H groups in total. The molecule has 0 saturated carbocycles. The summed E-state index contributed by atoms with van der Waals surface area (Å²) < 4.78 is 19.3. The van der Waals surface area contributed by atoms with Crippen molar-refractivity contribution in [3.8, 4) is 11.3 Å². The molecule has 7 heteroatoms. The van der Waals surface area contributed by atoms with Crippen molar-refractivity contribution < 1.29 is 19.0 Å². The average Bonchev–Trinajstić information content (AvgIpc) is 3.47. The summed E-state index contributed by atoms with van der Waals surface area (Å²) in [5, 5.41) is 18.7. The molecule has 0 spiro atoms. The van der Waals surface area contributed by atoms with E-state index in [1.807, 2.05) is 6.92 Å². The van der Waals surface area contributed by atoms with E-state index in [1.165, 1.54) is 5.56 Å². The lowest BCUT2D eigenvalue weighted by Gasteiger charge is -2.15. The Morgan fingerprint density at radius 3 is 3.04 bits per heavy atom. The van der Waals surface area contributed by atoms with Crippen LogP contribution < -0.4 is 5.32 Å². The van der Waals surface area contributed by atoms with E-state index >= 15 is 0 Å². The van der Waals surface area contributed by atoms with Crippen LogP contribution in [0.5, 0.6) is 0 Å². The van der Waals surface area contributed by atoms with Gasteiger partial charge < -0.3 is 19.0 Å². The highest BCUT2D eigenvalue weighted by molar-refractivity contribution is 5.72. The molecule has 2 aromatic heterocycles. The van der Waals surface area contributed by atoms with Crippen LogP contribution in [0.1, 0.15) is 48.1 Å². The number of aliphatic hydroxyl groups is 1. The van der Waals surface area contributed by atoms with E-state index in [0.717, 1.165) is 81.1 Å². The number of nitrogens with zero attached hydrogens (tertiary/aromatic N) is 2. The Bertz CT molecular complexity index is 831. The Kier molecular flexibility index (Phi) is 5.00. The van der Waals surface area contributed by atoms with E-state index in [4.69, 9.17) is 19.0 Å². The normalized spacial score (nSPS) is 25.1. The van der Waals surface area contributed by atoms with E-state index in [9.17, 15) is 5.11 Å². The van der Waals surface area contributed by atoms with Crippen LogP contribution in [0.25, 0.3) is 11.3 Å². The Morgan fingerprint density at radius 2 is 2.25 bits per heavy atom. The van der Waals surface area contributed by atoms with Gasteiger partial charge in [0.15, 0.2) is 12.0 Å².